The number of thioether (sulfide) groups is 2. The number of carbonyl (C=O) groups excluding carboxylic acids is 2. The Bertz CT molecular complexity index is 1020. The van der Waals surface area contributed by atoms with Gasteiger partial charge in [-0.3, -0.25) is 14.5 Å². The number of nitrogens with one attached hydrogen (secondary N) is 1. The Kier molecular flexibility index (Phi) is 7.74. The highest BCUT2D eigenvalue weighted by atomic mass is 32.2. The number of fused-ring (bicyclic) bond motifs is 1. The van der Waals surface area contributed by atoms with Crippen molar-refractivity contribution in [2.45, 2.75) is 54.5 Å². The number of carboxylic acid groups (broad SMARTS) is 1. The third-order valence-corrected chi connectivity index (χ3v) is 9.31. The number of hydrogen-bond acceptors (Lipinski definition) is 10. The van der Waals surface area contributed by atoms with E-state index in [9.17, 15) is 19.5 Å². The molecule has 0 saturated carbocycles. The highest BCUT2D eigenvalue weighted by Crippen LogP contribution is 2.42. The van der Waals surface area contributed by atoms with Crippen LogP contribution in [0.4, 0.5) is 0 Å². The van der Waals surface area contributed by atoms with Gasteiger partial charge in [-0.2, -0.15) is 0 Å². The first-order valence-corrected chi connectivity index (χ1v) is 13.4. The van der Waals surface area contributed by atoms with Gasteiger partial charge in [-0.05, 0) is 31.3 Å². The highest BCUT2D eigenvalue weighted by Gasteiger charge is 2.54. The molecule has 0 aromatic carbocycles. The number of aliphatic hydroxyl groups is 1. The van der Waals surface area contributed by atoms with Gasteiger partial charge in [0.05, 0.1) is 6.61 Å². The van der Waals surface area contributed by atoms with E-state index in [-0.39, 0.29) is 24.6 Å². The summed E-state index contributed by atoms with van der Waals surface area (Å²) in [6.07, 6.45) is 4.12. The molecule has 0 radical (unpaired) electrons. The third-order valence-electron chi connectivity index (χ3n) is 5.85. The fraction of sp³-hybridized carbons (Fsp3) is 0.550. The third kappa shape index (κ3) is 5.11. The number of amides is 2. The van der Waals surface area contributed by atoms with Crippen molar-refractivity contribution >= 4 is 52.6 Å². The minimum absolute atomic E-state index is 0.0194. The molecule has 2 atom stereocenters. The summed E-state index contributed by atoms with van der Waals surface area (Å²) in [5.74, 6) is -1.02. The zero-order valence-electron chi connectivity index (χ0n) is 17.8. The number of hydrogen-bond donors (Lipinski definition) is 4. The van der Waals surface area contributed by atoms with Crippen molar-refractivity contribution in [2.24, 2.45) is 5.73 Å². The van der Waals surface area contributed by atoms with Crippen molar-refractivity contribution in [3.8, 4) is 0 Å². The quantitative estimate of drug-likeness (QED) is 0.215. The maximum absolute atomic E-state index is 12.8. The van der Waals surface area contributed by atoms with E-state index in [0.717, 1.165) is 36.8 Å². The molecule has 0 bridgehead atoms. The molecule has 5 N–H and O–H groups in total. The molecule has 1 aliphatic carbocycles. The van der Waals surface area contributed by atoms with Crippen LogP contribution in [0.5, 0.6) is 0 Å². The summed E-state index contributed by atoms with van der Waals surface area (Å²) in [7, 11) is 0. The lowest BCUT2D eigenvalue weighted by Crippen LogP contribution is -2.70. The molecule has 10 nitrogen and oxygen atoms in total. The molecule has 1 aromatic heterocycles. The van der Waals surface area contributed by atoms with Gasteiger partial charge >= 0.3 is 5.97 Å². The van der Waals surface area contributed by atoms with Gasteiger partial charge in [0.25, 0.3) is 5.91 Å². The molecule has 3 aliphatic rings. The molecule has 0 spiro atoms. The van der Waals surface area contributed by atoms with Gasteiger partial charge in [0, 0.05) is 24.5 Å². The summed E-state index contributed by atoms with van der Waals surface area (Å²) in [5, 5.41) is 29.6. The van der Waals surface area contributed by atoms with Crippen molar-refractivity contribution in [1.29, 1.82) is 0 Å². The van der Waals surface area contributed by atoms with Gasteiger partial charge in [-0.25, -0.2) is 4.79 Å². The Hall–Kier alpha value is -1.93. The van der Waals surface area contributed by atoms with Gasteiger partial charge in [0.15, 0.2) is 4.34 Å². The van der Waals surface area contributed by atoms with Crippen LogP contribution in [0.3, 0.4) is 0 Å². The molecule has 178 valence electrons. The average Bonchev–Trinajstić information content (AvgIpc) is 3.29. The van der Waals surface area contributed by atoms with Crippen LogP contribution in [-0.4, -0.2) is 72.6 Å². The number of nitrogens with two attached hydrogens (primary N) is 1. The highest BCUT2D eigenvalue weighted by molar-refractivity contribution is 8.01. The first-order chi connectivity index (χ1) is 15.9. The average molecular weight is 512 g/mol. The molecule has 1 saturated heterocycles. The minimum atomic E-state index is -1.16. The van der Waals surface area contributed by atoms with E-state index in [1.165, 1.54) is 39.8 Å². The van der Waals surface area contributed by atoms with E-state index in [4.69, 9.17) is 10.8 Å². The van der Waals surface area contributed by atoms with Crippen molar-refractivity contribution in [1.82, 2.24) is 20.4 Å². The van der Waals surface area contributed by atoms with Gasteiger partial charge in [0.1, 0.15) is 22.1 Å². The van der Waals surface area contributed by atoms with Gasteiger partial charge < -0.3 is 21.3 Å². The SMILES string of the molecule is NCC1=C(CC(=O)NC2C(=O)N3C(C(=O)O)=C(CSc4nnc(CO)s4)CS[C@@H]23)CCCC1. The summed E-state index contributed by atoms with van der Waals surface area (Å²) in [6, 6.07) is -0.730. The molecule has 33 heavy (non-hydrogen) atoms. The van der Waals surface area contributed by atoms with Gasteiger partial charge in [0.2, 0.25) is 5.91 Å². The number of aromatic nitrogens is 2. The topological polar surface area (TPSA) is 159 Å². The Balaban J connectivity index is 1.41. The van der Waals surface area contributed by atoms with Crippen LogP contribution < -0.4 is 11.1 Å². The van der Waals surface area contributed by atoms with Gasteiger partial charge in [-0.1, -0.05) is 34.2 Å². The second kappa shape index (κ2) is 10.6. The Morgan fingerprint density at radius 1 is 1.21 bits per heavy atom. The van der Waals surface area contributed by atoms with E-state index in [0.29, 0.717) is 33.0 Å². The van der Waals surface area contributed by atoms with Crippen molar-refractivity contribution in [3.63, 3.8) is 0 Å². The molecule has 1 aromatic rings. The summed E-state index contributed by atoms with van der Waals surface area (Å²) in [4.78, 5) is 38.7. The summed E-state index contributed by atoms with van der Waals surface area (Å²) in [6.45, 7) is 0.252. The molecule has 4 rings (SSSR count). The van der Waals surface area contributed by atoms with Crippen LogP contribution in [-0.2, 0) is 21.0 Å². The number of rotatable bonds is 9. The number of aliphatic hydroxyl groups excluding tert-OH is 1. The van der Waals surface area contributed by atoms with Crippen LogP contribution >= 0.6 is 34.9 Å². The Morgan fingerprint density at radius 3 is 2.64 bits per heavy atom. The van der Waals surface area contributed by atoms with E-state index in [1.54, 1.807) is 0 Å². The Labute approximate surface area is 203 Å². The normalized spacial score (nSPS) is 22.8. The molecule has 2 aliphatic heterocycles. The zero-order chi connectivity index (χ0) is 23.5. The van der Waals surface area contributed by atoms with Gasteiger partial charge in [-0.15, -0.1) is 22.0 Å². The second-order valence-electron chi connectivity index (χ2n) is 7.92. The number of nitrogens with zero attached hydrogens (tertiary/aromatic N) is 3. The molecule has 13 heteroatoms. The number of carboxylic acids is 1. The maximum Gasteiger partial charge on any atom is 0.352 e. The van der Waals surface area contributed by atoms with Crippen LogP contribution in [0.25, 0.3) is 0 Å². The maximum atomic E-state index is 12.8. The predicted octanol–water partition coefficient (Wildman–Crippen LogP) is 1.08. The molecule has 1 fully saturated rings. The zero-order valence-corrected chi connectivity index (χ0v) is 20.2. The lowest BCUT2D eigenvalue weighted by Gasteiger charge is -2.49. The number of aliphatic carboxylic acids is 1. The van der Waals surface area contributed by atoms with E-state index >= 15 is 0 Å². The van der Waals surface area contributed by atoms with Crippen LogP contribution in [0.2, 0.25) is 0 Å². The van der Waals surface area contributed by atoms with Crippen LogP contribution in [0.1, 0.15) is 37.1 Å². The van der Waals surface area contributed by atoms with Crippen molar-refractivity contribution in [2.75, 3.05) is 18.1 Å². The second-order valence-corrected chi connectivity index (χ2v) is 11.3. The monoisotopic (exact) mass is 511 g/mol. The number of β-lactam (4-membered cyclic amide) rings is 1. The Morgan fingerprint density at radius 2 is 1.97 bits per heavy atom. The summed E-state index contributed by atoms with van der Waals surface area (Å²) >= 11 is 4.01. The lowest BCUT2D eigenvalue weighted by atomic mass is 9.89. The van der Waals surface area contributed by atoms with Crippen LogP contribution in [0.15, 0.2) is 26.8 Å². The predicted molar refractivity (Wildman–Crippen MR) is 125 cm³/mol. The van der Waals surface area contributed by atoms with Crippen molar-refractivity contribution in [3.05, 3.63) is 27.4 Å². The fourth-order valence-electron chi connectivity index (χ4n) is 4.21. The lowest BCUT2D eigenvalue weighted by molar-refractivity contribution is -0.150. The van der Waals surface area contributed by atoms with E-state index in [2.05, 4.69) is 15.5 Å². The first kappa shape index (κ1) is 24.2. The summed E-state index contributed by atoms with van der Waals surface area (Å²) in [5.41, 5.74) is 8.60. The molecular formula is C20H25N5O5S3. The van der Waals surface area contributed by atoms with Crippen LogP contribution in [0, 0.1) is 0 Å². The largest absolute Gasteiger partial charge is 0.477 e. The fourth-order valence-corrected chi connectivity index (χ4v) is 7.45. The smallest absolute Gasteiger partial charge is 0.352 e. The van der Waals surface area contributed by atoms with E-state index < -0.39 is 23.3 Å². The minimum Gasteiger partial charge on any atom is -0.477 e. The summed E-state index contributed by atoms with van der Waals surface area (Å²) < 4.78 is 0.623. The van der Waals surface area contributed by atoms with E-state index in [1.807, 2.05) is 0 Å². The first-order valence-electron chi connectivity index (χ1n) is 10.6. The molecule has 2 amide bonds. The van der Waals surface area contributed by atoms with Crippen molar-refractivity contribution < 1.29 is 24.6 Å². The molecule has 1 unspecified atom stereocenters. The number of carbonyl (C=O) groups is 3. The molecule has 3 heterocycles. The molecular weight excluding hydrogens is 486 g/mol. The standard InChI is InChI=1S/C20H25N5O5S3/c21-6-11-4-2-1-3-10(11)5-13(27)22-15-17(28)25-16(19(29)30)12(8-31-18(15)25)9-32-20-24-23-14(7-26)33-20/h15,18,26H,1-9,21H2,(H,22,27)(H,29,30)/t15?,18-/m0/s1.